The van der Waals surface area contributed by atoms with E-state index < -0.39 is 18.4 Å². The molecule has 1 aliphatic rings. The molecule has 0 unspecified atom stereocenters. The molecular weight excluding hydrogens is 374 g/mol. The number of Topliss-reactive ketones (excluding diaryl/α,β-unsaturated/α-hetero) is 1. The number of ketones is 1. The fraction of sp³-hybridized carbons (Fsp3) is 0.227. The molecule has 150 valence electrons. The maximum absolute atomic E-state index is 12.4. The SMILES string of the molecule is C=C1c2ccccc2C(=O)N1CCC(=O)OCC(=O)c1ccc(OC)cc1OC. The molecule has 0 saturated heterocycles. The van der Waals surface area contributed by atoms with Gasteiger partial charge in [-0.1, -0.05) is 24.8 Å². The predicted octanol–water partition coefficient (Wildman–Crippen LogP) is 2.95. The van der Waals surface area contributed by atoms with Gasteiger partial charge < -0.3 is 19.1 Å². The zero-order valence-electron chi connectivity index (χ0n) is 16.3. The molecule has 29 heavy (non-hydrogen) atoms. The van der Waals surface area contributed by atoms with Gasteiger partial charge in [0.1, 0.15) is 11.5 Å². The molecule has 0 aliphatic carbocycles. The van der Waals surface area contributed by atoms with Crippen LogP contribution >= 0.6 is 0 Å². The van der Waals surface area contributed by atoms with E-state index in [0.717, 1.165) is 5.56 Å². The Balaban J connectivity index is 1.54. The molecular formula is C22H21NO6. The molecule has 0 atom stereocenters. The van der Waals surface area contributed by atoms with Gasteiger partial charge in [0.25, 0.3) is 5.91 Å². The highest BCUT2D eigenvalue weighted by molar-refractivity contribution is 6.09. The van der Waals surface area contributed by atoms with Crippen LogP contribution in [0, 0.1) is 0 Å². The summed E-state index contributed by atoms with van der Waals surface area (Å²) < 4.78 is 15.4. The van der Waals surface area contributed by atoms with E-state index in [0.29, 0.717) is 28.3 Å². The first-order chi connectivity index (χ1) is 14.0. The molecule has 7 nitrogen and oxygen atoms in total. The topological polar surface area (TPSA) is 82.1 Å². The number of nitrogens with zero attached hydrogens (tertiary/aromatic N) is 1. The Morgan fingerprint density at radius 2 is 1.76 bits per heavy atom. The molecule has 1 aliphatic heterocycles. The Morgan fingerprint density at radius 1 is 1.03 bits per heavy atom. The summed E-state index contributed by atoms with van der Waals surface area (Å²) in [7, 11) is 2.95. The smallest absolute Gasteiger partial charge is 0.308 e. The molecule has 0 fully saturated rings. The summed E-state index contributed by atoms with van der Waals surface area (Å²) in [6.45, 7) is 3.64. The van der Waals surface area contributed by atoms with Crippen molar-refractivity contribution in [1.29, 1.82) is 0 Å². The second-order valence-corrected chi connectivity index (χ2v) is 6.35. The number of hydrogen-bond acceptors (Lipinski definition) is 6. The van der Waals surface area contributed by atoms with Crippen LogP contribution in [0.15, 0.2) is 49.0 Å². The van der Waals surface area contributed by atoms with Gasteiger partial charge in [-0.15, -0.1) is 0 Å². The van der Waals surface area contributed by atoms with Crippen molar-refractivity contribution in [3.63, 3.8) is 0 Å². The first-order valence-corrected chi connectivity index (χ1v) is 8.97. The molecule has 0 radical (unpaired) electrons. The molecule has 1 amide bonds. The summed E-state index contributed by atoms with van der Waals surface area (Å²) in [6.07, 6.45) is -0.0498. The van der Waals surface area contributed by atoms with E-state index in [1.54, 1.807) is 30.3 Å². The number of esters is 1. The van der Waals surface area contributed by atoms with E-state index in [1.165, 1.54) is 19.1 Å². The van der Waals surface area contributed by atoms with E-state index >= 15 is 0 Å². The number of ether oxygens (including phenoxy) is 3. The molecule has 7 heteroatoms. The minimum atomic E-state index is -0.581. The molecule has 0 aromatic heterocycles. The van der Waals surface area contributed by atoms with Gasteiger partial charge in [0.2, 0.25) is 5.78 Å². The summed E-state index contributed by atoms with van der Waals surface area (Å²) in [5.74, 6) is -0.291. The van der Waals surface area contributed by atoms with Crippen molar-refractivity contribution in [2.75, 3.05) is 27.4 Å². The zero-order valence-corrected chi connectivity index (χ0v) is 16.3. The number of hydrogen-bond donors (Lipinski definition) is 0. The first-order valence-electron chi connectivity index (χ1n) is 8.97. The quantitative estimate of drug-likeness (QED) is 0.505. The third-order valence-corrected chi connectivity index (χ3v) is 4.65. The fourth-order valence-electron chi connectivity index (χ4n) is 3.10. The Labute approximate surface area is 168 Å². The van der Waals surface area contributed by atoms with E-state index in [1.807, 2.05) is 12.1 Å². The van der Waals surface area contributed by atoms with Crippen LogP contribution in [-0.4, -0.2) is 49.9 Å². The van der Waals surface area contributed by atoms with E-state index in [9.17, 15) is 14.4 Å². The van der Waals surface area contributed by atoms with Crippen LogP contribution in [0.5, 0.6) is 11.5 Å². The third-order valence-electron chi connectivity index (χ3n) is 4.65. The van der Waals surface area contributed by atoms with Crippen molar-refractivity contribution in [1.82, 2.24) is 4.90 Å². The predicted molar refractivity (Wildman–Crippen MR) is 106 cm³/mol. The molecule has 0 N–H and O–H groups in total. The van der Waals surface area contributed by atoms with Crippen molar-refractivity contribution in [2.24, 2.45) is 0 Å². The van der Waals surface area contributed by atoms with E-state index in [4.69, 9.17) is 14.2 Å². The molecule has 2 aromatic rings. The number of methoxy groups -OCH3 is 2. The highest BCUT2D eigenvalue weighted by atomic mass is 16.5. The van der Waals surface area contributed by atoms with Gasteiger partial charge in [-0.3, -0.25) is 14.4 Å². The van der Waals surface area contributed by atoms with Crippen molar-refractivity contribution < 1.29 is 28.6 Å². The standard InChI is InChI=1S/C22H21NO6/c1-14-16-6-4-5-7-17(16)22(26)23(14)11-10-21(25)29-13-19(24)18-9-8-15(27-2)12-20(18)28-3/h4-9,12H,1,10-11,13H2,2-3H3. The lowest BCUT2D eigenvalue weighted by Gasteiger charge is -2.16. The first kappa shape index (κ1) is 20.1. The maximum atomic E-state index is 12.4. The van der Waals surface area contributed by atoms with Crippen LogP contribution in [0.2, 0.25) is 0 Å². The number of rotatable bonds is 8. The Hall–Kier alpha value is -3.61. The highest BCUT2D eigenvalue weighted by Gasteiger charge is 2.30. The number of carbonyl (C=O) groups excluding carboxylic acids is 3. The van der Waals surface area contributed by atoms with Crippen LogP contribution in [0.25, 0.3) is 5.70 Å². The fourth-order valence-corrected chi connectivity index (χ4v) is 3.10. The summed E-state index contributed by atoms with van der Waals surface area (Å²) in [5, 5.41) is 0. The molecule has 2 aromatic carbocycles. The number of benzene rings is 2. The number of amides is 1. The van der Waals surface area contributed by atoms with Gasteiger partial charge in [0, 0.05) is 29.4 Å². The van der Waals surface area contributed by atoms with Gasteiger partial charge in [-0.25, -0.2) is 0 Å². The van der Waals surface area contributed by atoms with E-state index in [2.05, 4.69) is 6.58 Å². The normalized spacial score (nSPS) is 12.6. The molecule has 3 rings (SSSR count). The largest absolute Gasteiger partial charge is 0.497 e. The lowest BCUT2D eigenvalue weighted by atomic mass is 10.1. The summed E-state index contributed by atoms with van der Waals surface area (Å²) >= 11 is 0. The third kappa shape index (κ3) is 4.13. The van der Waals surface area contributed by atoms with Crippen LogP contribution in [-0.2, 0) is 9.53 Å². The summed E-state index contributed by atoms with van der Waals surface area (Å²) in [5.41, 5.74) is 2.16. The lowest BCUT2D eigenvalue weighted by Crippen LogP contribution is -2.26. The minimum Gasteiger partial charge on any atom is -0.497 e. The van der Waals surface area contributed by atoms with Crippen LogP contribution in [0.4, 0.5) is 0 Å². The monoisotopic (exact) mass is 395 g/mol. The van der Waals surface area contributed by atoms with E-state index in [-0.39, 0.29) is 18.9 Å². The van der Waals surface area contributed by atoms with Gasteiger partial charge >= 0.3 is 5.97 Å². The van der Waals surface area contributed by atoms with Crippen molar-refractivity contribution in [3.8, 4) is 11.5 Å². The summed E-state index contributed by atoms with van der Waals surface area (Å²) in [4.78, 5) is 38.3. The van der Waals surface area contributed by atoms with Crippen molar-refractivity contribution in [2.45, 2.75) is 6.42 Å². The van der Waals surface area contributed by atoms with Crippen molar-refractivity contribution in [3.05, 3.63) is 65.7 Å². The van der Waals surface area contributed by atoms with Gasteiger partial charge in [-0.2, -0.15) is 0 Å². The van der Waals surface area contributed by atoms with Crippen LogP contribution < -0.4 is 9.47 Å². The zero-order chi connectivity index (χ0) is 21.0. The lowest BCUT2D eigenvalue weighted by molar-refractivity contribution is -0.142. The second kappa shape index (κ2) is 8.60. The van der Waals surface area contributed by atoms with Gasteiger partial charge in [-0.05, 0) is 18.2 Å². The molecule has 0 spiro atoms. The number of carbonyl (C=O) groups is 3. The summed E-state index contributed by atoms with van der Waals surface area (Å²) in [6, 6.07) is 11.9. The average molecular weight is 395 g/mol. The Kier molecular flexibility index (Phi) is 5.97. The van der Waals surface area contributed by atoms with Gasteiger partial charge in [0.05, 0.1) is 26.2 Å². The van der Waals surface area contributed by atoms with Crippen molar-refractivity contribution >= 4 is 23.4 Å². The van der Waals surface area contributed by atoms with Crippen LogP contribution in [0.1, 0.15) is 32.7 Å². The van der Waals surface area contributed by atoms with Crippen LogP contribution in [0.3, 0.4) is 0 Å². The maximum Gasteiger partial charge on any atom is 0.308 e. The highest BCUT2D eigenvalue weighted by Crippen LogP contribution is 2.31. The average Bonchev–Trinajstić information content (AvgIpc) is 3.00. The van der Waals surface area contributed by atoms with Gasteiger partial charge in [0.15, 0.2) is 6.61 Å². The minimum absolute atomic E-state index is 0.0498. The molecule has 0 saturated carbocycles. The Morgan fingerprint density at radius 3 is 2.41 bits per heavy atom. The Bertz CT molecular complexity index is 946. The molecule has 1 heterocycles. The number of fused-ring (bicyclic) bond motifs is 1. The molecule has 0 bridgehead atoms. The second-order valence-electron chi connectivity index (χ2n) is 6.35.